The van der Waals surface area contributed by atoms with E-state index in [1.54, 1.807) is 30.3 Å². The van der Waals surface area contributed by atoms with Crippen LogP contribution in [0.4, 0.5) is 0 Å². The number of rotatable bonds is 11. The van der Waals surface area contributed by atoms with Crippen LogP contribution in [0, 0.1) is 17.0 Å². The van der Waals surface area contributed by atoms with E-state index in [0.717, 1.165) is 17.0 Å². The molecular formula is C26H23Cl3N4O4S. The van der Waals surface area contributed by atoms with Crippen molar-refractivity contribution in [2.75, 3.05) is 13.2 Å². The number of halogens is 3. The molecule has 198 valence electrons. The summed E-state index contributed by atoms with van der Waals surface area (Å²) in [5.74, 6) is 1.85. The topological polar surface area (TPSA) is 92.3 Å². The Hall–Kier alpha value is -2.98. The number of benzene rings is 3. The predicted octanol–water partition coefficient (Wildman–Crippen LogP) is 7.62. The maximum atomic E-state index is 11.6. The first kappa shape index (κ1) is 28.0. The highest BCUT2D eigenvalue weighted by atomic mass is 35.5. The van der Waals surface area contributed by atoms with Crippen molar-refractivity contribution >= 4 is 46.6 Å². The predicted molar refractivity (Wildman–Crippen MR) is 150 cm³/mol. The molecule has 4 rings (SSSR count). The van der Waals surface area contributed by atoms with Gasteiger partial charge in [0.2, 0.25) is 6.54 Å². The standard InChI is InChI=1S/C26H23Cl3N4O4S/c1-3-36-20-8-6-19(7-9-20)33-16(2)30-31-26(33)38-25(14-32(34)35)18-5-11-24(23(29)13-18)37-15-17-4-10-21(27)22(28)12-17/h4-13,25H,3,14-15H2,1-2H3/t25-/m0/s1. The summed E-state index contributed by atoms with van der Waals surface area (Å²) >= 11 is 19.8. The summed E-state index contributed by atoms with van der Waals surface area (Å²) in [6, 6.07) is 17.9. The van der Waals surface area contributed by atoms with Gasteiger partial charge in [-0.2, -0.15) is 0 Å². The maximum Gasteiger partial charge on any atom is 0.220 e. The van der Waals surface area contributed by atoms with E-state index in [0.29, 0.717) is 44.0 Å². The van der Waals surface area contributed by atoms with Gasteiger partial charge in [-0.25, -0.2) is 0 Å². The van der Waals surface area contributed by atoms with Crippen molar-refractivity contribution in [1.29, 1.82) is 0 Å². The van der Waals surface area contributed by atoms with Gasteiger partial charge < -0.3 is 9.47 Å². The third-order valence-corrected chi connectivity index (χ3v) is 7.68. The Labute approximate surface area is 239 Å². The zero-order chi connectivity index (χ0) is 27.2. The van der Waals surface area contributed by atoms with Crippen LogP contribution in [0.3, 0.4) is 0 Å². The molecule has 0 spiro atoms. The zero-order valence-electron chi connectivity index (χ0n) is 20.4. The molecule has 0 aliphatic carbocycles. The number of ether oxygens (including phenoxy) is 2. The molecule has 0 saturated heterocycles. The van der Waals surface area contributed by atoms with Crippen LogP contribution in [0.2, 0.25) is 15.1 Å². The minimum Gasteiger partial charge on any atom is -0.494 e. The number of hydrogen-bond donors (Lipinski definition) is 0. The first-order chi connectivity index (χ1) is 18.2. The van der Waals surface area contributed by atoms with Crippen LogP contribution in [-0.2, 0) is 6.61 Å². The summed E-state index contributed by atoms with van der Waals surface area (Å²) in [7, 11) is 0. The Balaban J connectivity index is 1.55. The molecule has 0 bridgehead atoms. The van der Waals surface area contributed by atoms with E-state index >= 15 is 0 Å². The van der Waals surface area contributed by atoms with Gasteiger partial charge in [-0.15, -0.1) is 10.2 Å². The van der Waals surface area contributed by atoms with Crippen molar-refractivity contribution in [3.8, 4) is 17.2 Å². The van der Waals surface area contributed by atoms with Crippen LogP contribution in [0.25, 0.3) is 5.69 Å². The van der Waals surface area contributed by atoms with Gasteiger partial charge in [0, 0.05) is 10.6 Å². The molecule has 0 fully saturated rings. The molecule has 12 heteroatoms. The molecule has 1 atom stereocenters. The molecule has 0 aliphatic heterocycles. The minimum absolute atomic E-state index is 0.230. The van der Waals surface area contributed by atoms with Crippen LogP contribution in [0.5, 0.6) is 11.5 Å². The molecule has 0 radical (unpaired) electrons. The molecule has 0 amide bonds. The first-order valence-corrected chi connectivity index (χ1v) is 13.6. The van der Waals surface area contributed by atoms with E-state index in [2.05, 4.69) is 10.2 Å². The highest BCUT2D eigenvalue weighted by Crippen LogP contribution is 2.39. The minimum atomic E-state index is -0.573. The average Bonchev–Trinajstić information content (AvgIpc) is 3.25. The summed E-state index contributed by atoms with van der Waals surface area (Å²) in [6.45, 7) is 4.21. The fourth-order valence-electron chi connectivity index (χ4n) is 3.67. The van der Waals surface area contributed by atoms with Crippen LogP contribution in [-0.4, -0.2) is 32.8 Å². The molecule has 1 aromatic heterocycles. The molecule has 0 unspecified atom stereocenters. The number of nitrogens with zero attached hydrogens (tertiary/aromatic N) is 4. The van der Waals surface area contributed by atoms with Crippen molar-refractivity contribution in [1.82, 2.24) is 14.8 Å². The van der Waals surface area contributed by atoms with Gasteiger partial charge in [0.1, 0.15) is 29.2 Å². The molecule has 3 aromatic carbocycles. The molecule has 4 aromatic rings. The summed E-state index contributed by atoms with van der Waals surface area (Å²) in [5, 5.41) is 21.2. The van der Waals surface area contributed by atoms with Crippen LogP contribution >= 0.6 is 46.6 Å². The van der Waals surface area contributed by atoms with Gasteiger partial charge in [-0.3, -0.25) is 14.7 Å². The van der Waals surface area contributed by atoms with E-state index < -0.39 is 5.25 Å². The highest BCUT2D eigenvalue weighted by Gasteiger charge is 2.24. The van der Waals surface area contributed by atoms with Gasteiger partial charge in [0.05, 0.1) is 21.7 Å². The number of thioether (sulfide) groups is 1. The number of nitro groups is 1. The molecule has 38 heavy (non-hydrogen) atoms. The Bertz CT molecular complexity index is 1430. The Morgan fingerprint density at radius 2 is 1.74 bits per heavy atom. The molecule has 0 N–H and O–H groups in total. The van der Waals surface area contributed by atoms with Crippen molar-refractivity contribution in [3.05, 3.63) is 103 Å². The van der Waals surface area contributed by atoms with E-state index in [9.17, 15) is 10.1 Å². The third-order valence-electron chi connectivity index (χ3n) is 5.47. The lowest BCUT2D eigenvalue weighted by Crippen LogP contribution is -2.11. The van der Waals surface area contributed by atoms with Gasteiger partial charge in [0.15, 0.2) is 5.16 Å². The lowest BCUT2D eigenvalue weighted by molar-refractivity contribution is -0.479. The van der Waals surface area contributed by atoms with E-state index in [1.165, 1.54) is 11.8 Å². The summed E-state index contributed by atoms with van der Waals surface area (Å²) in [6.07, 6.45) is 0. The molecule has 1 heterocycles. The van der Waals surface area contributed by atoms with Crippen molar-refractivity contribution in [2.24, 2.45) is 0 Å². The average molecular weight is 594 g/mol. The second-order valence-corrected chi connectivity index (χ2v) is 10.5. The van der Waals surface area contributed by atoms with E-state index in [4.69, 9.17) is 44.3 Å². The highest BCUT2D eigenvalue weighted by molar-refractivity contribution is 7.99. The SMILES string of the molecule is CCOc1ccc(-n2c(C)nnc2S[C@@H](C[N+](=O)[O-])c2ccc(OCc3ccc(Cl)c(Cl)c3)c(Cl)c2)cc1. The molecule has 0 saturated carbocycles. The van der Waals surface area contributed by atoms with E-state index in [-0.39, 0.29) is 18.1 Å². The smallest absolute Gasteiger partial charge is 0.220 e. The third kappa shape index (κ3) is 6.91. The molecular weight excluding hydrogens is 571 g/mol. The summed E-state index contributed by atoms with van der Waals surface area (Å²) in [4.78, 5) is 11.2. The van der Waals surface area contributed by atoms with Crippen molar-refractivity contribution in [3.63, 3.8) is 0 Å². The number of aryl methyl sites for hydroxylation is 1. The number of hydrogen-bond acceptors (Lipinski definition) is 7. The second kappa shape index (κ2) is 12.7. The Kier molecular flexibility index (Phi) is 9.38. The number of aromatic nitrogens is 3. The maximum absolute atomic E-state index is 11.6. The van der Waals surface area contributed by atoms with Crippen LogP contribution in [0.1, 0.15) is 29.1 Å². The van der Waals surface area contributed by atoms with Gasteiger partial charge in [0.25, 0.3) is 0 Å². The van der Waals surface area contributed by atoms with Gasteiger partial charge in [-0.05, 0) is 73.5 Å². The van der Waals surface area contributed by atoms with Crippen LogP contribution < -0.4 is 9.47 Å². The Morgan fingerprint density at radius 3 is 2.39 bits per heavy atom. The summed E-state index contributed by atoms with van der Waals surface area (Å²) in [5.41, 5.74) is 2.31. The van der Waals surface area contributed by atoms with E-state index in [1.807, 2.05) is 48.7 Å². The largest absolute Gasteiger partial charge is 0.494 e. The van der Waals surface area contributed by atoms with Crippen molar-refractivity contribution in [2.45, 2.75) is 30.9 Å². The quantitative estimate of drug-likeness (QED) is 0.100. The van der Waals surface area contributed by atoms with Crippen LogP contribution in [0.15, 0.2) is 65.8 Å². The molecule has 0 aliphatic rings. The lowest BCUT2D eigenvalue weighted by atomic mass is 10.1. The Morgan fingerprint density at radius 1 is 0.974 bits per heavy atom. The first-order valence-electron chi connectivity index (χ1n) is 11.5. The van der Waals surface area contributed by atoms with Crippen molar-refractivity contribution < 1.29 is 14.4 Å². The molecule has 8 nitrogen and oxygen atoms in total. The fourth-order valence-corrected chi connectivity index (χ4v) is 5.40. The second-order valence-electron chi connectivity index (χ2n) is 8.14. The zero-order valence-corrected chi connectivity index (χ0v) is 23.5. The summed E-state index contributed by atoms with van der Waals surface area (Å²) < 4.78 is 13.2. The lowest BCUT2D eigenvalue weighted by Gasteiger charge is -2.16. The monoisotopic (exact) mass is 592 g/mol. The van der Waals surface area contributed by atoms with Gasteiger partial charge >= 0.3 is 0 Å². The van der Waals surface area contributed by atoms with Gasteiger partial charge in [-0.1, -0.05) is 58.7 Å². The normalized spacial score (nSPS) is 11.8. The fraction of sp³-hybridized carbons (Fsp3) is 0.231.